The molecule has 1 fully saturated rings. The summed E-state index contributed by atoms with van der Waals surface area (Å²) in [5.41, 5.74) is 0. The summed E-state index contributed by atoms with van der Waals surface area (Å²) in [6.45, 7) is 0.509. The van der Waals surface area contributed by atoms with Gasteiger partial charge >= 0.3 is 0 Å². The molecule has 1 aliphatic rings. The van der Waals surface area contributed by atoms with Crippen molar-refractivity contribution in [3.63, 3.8) is 0 Å². The Kier molecular flexibility index (Phi) is 2.92. The molecule has 0 spiro atoms. The van der Waals surface area contributed by atoms with Crippen LogP contribution in [0.25, 0.3) is 0 Å². The van der Waals surface area contributed by atoms with E-state index < -0.39 is 19.1 Å². The molecule has 0 aromatic carbocycles. The van der Waals surface area contributed by atoms with Gasteiger partial charge in [-0.15, -0.1) is 0 Å². The first-order chi connectivity index (χ1) is 5.68. The first-order valence-corrected chi connectivity index (χ1v) is 7.88. The standard InChI is InChI=1S/C5H10ClNO4S2/c1-12(8,9)7-2-5(3-7)4-13(6,10)11/h5H,2-4H2,1H3. The van der Waals surface area contributed by atoms with Crippen LogP contribution >= 0.6 is 10.7 Å². The van der Waals surface area contributed by atoms with Crippen molar-refractivity contribution < 1.29 is 16.8 Å². The van der Waals surface area contributed by atoms with Crippen LogP contribution in [-0.4, -0.2) is 46.2 Å². The molecule has 78 valence electrons. The number of hydrogen-bond acceptors (Lipinski definition) is 4. The van der Waals surface area contributed by atoms with Gasteiger partial charge in [0.1, 0.15) is 0 Å². The Labute approximate surface area is 82.1 Å². The Hall–Kier alpha value is 0.150. The second-order valence-corrected chi connectivity index (χ2v) is 7.96. The maximum Gasteiger partial charge on any atom is 0.232 e. The summed E-state index contributed by atoms with van der Waals surface area (Å²) in [6.07, 6.45) is 1.10. The molecule has 13 heavy (non-hydrogen) atoms. The molecule has 1 saturated heterocycles. The predicted molar refractivity (Wildman–Crippen MR) is 49.5 cm³/mol. The van der Waals surface area contributed by atoms with Crippen LogP contribution < -0.4 is 0 Å². The van der Waals surface area contributed by atoms with Crippen molar-refractivity contribution in [1.82, 2.24) is 4.31 Å². The Morgan fingerprint density at radius 1 is 1.31 bits per heavy atom. The molecule has 0 radical (unpaired) electrons. The van der Waals surface area contributed by atoms with Crippen molar-refractivity contribution in [3.8, 4) is 0 Å². The van der Waals surface area contributed by atoms with Crippen LogP contribution in [0.15, 0.2) is 0 Å². The molecule has 0 bridgehead atoms. The summed E-state index contributed by atoms with van der Waals surface area (Å²) < 4.78 is 44.1. The molecule has 0 atom stereocenters. The van der Waals surface area contributed by atoms with Crippen molar-refractivity contribution in [3.05, 3.63) is 0 Å². The van der Waals surface area contributed by atoms with E-state index in [0.29, 0.717) is 0 Å². The van der Waals surface area contributed by atoms with Gasteiger partial charge in [0.15, 0.2) is 0 Å². The molecule has 0 aromatic rings. The zero-order valence-corrected chi connectivity index (χ0v) is 9.36. The second-order valence-electron chi connectivity index (χ2n) is 3.15. The SMILES string of the molecule is CS(=O)(=O)N1CC(CS(=O)(=O)Cl)C1. The summed E-state index contributed by atoms with van der Waals surface area (Å²) in [7, 11) is -1.65. The van der Waals surface area contributed by atoms with Crippen molar-refractivity contribution in [2.24, 2.45) is 5.92 Å². The number of rotatable bonds is 3. The molecule has 1 rings (SSSR count). The van der Waals surface area contributed by atoms with Crippen molar-refractivity contribution in [2.45, 2.75) is 0 Å². The van der Waals surface area contributed by atoms with Crippen molar-refractivity contribution in [1.29, 1.82) is 0 Å². The zero-order chi connectivity index (χ0) is 10.3. The van der Waals surface area contributed by atoms with Crippen LogP contribution in [0.2, 0.25) is 0 Å². The Balaban J connectivity index is 2.44. The Morgan fingerprint density at radius 3 is 2.08 bits per heavy atom. The third-order valence-electron chi connectivity index (χ3n) is 1.83. The quantitative estimate of drug-likeness (QED) is 0.628. The van der Waals surface area contributed by atoms with Crippen LogP contribution in [0.5, 0.6) is 0 Å². The smallest absolute Gasteiger partial charge is 0.213 e. The lowest BCUT2D eigenvalue weighted by molar-refractivity contribution is 0.222. The number of nitrogens with zero attached hydrogens (tertiary/aromatic N) is 1. The third-order valence-corrected chi connectivity index (χ3v) is 4.31. The highest BCUT2D eigenvalue weighted by Gasteiger charge is 2.35. The van der Waals surface area contributed by atoms with Crippen LogP contribution in [0.4, 0.5) is 0 Å². The molecule has 0 N–H and O–H groups in total. The Morgan fingerprint density at radius 2 is 1.77 bits per heavy atom. The van der Waals surface area contributed by atoms with Crippen LogP contribution in [0, 0.1) is 5.92 Å². The summed E-state index contributed by atoms with van der Waals surface area (Å²) in [5.74, 6) is -0.308. The molecular weight excluding hydrogens is 238 g/mol. The summed E-state index contributed by atoms with van der Waals surface area (Å²) in [5, 5.41) is 0. The minimum absolute atomic E-state index is 0.152. The normalized spacial score (nSPS) is 21.4. The van der Waals surface area contributed by atoms with Gasteiger partial charge in [-0.25, -0.2) is 21.1 Å². The number of sulfonamides is 1. The molecule has 0 saturated carbocycles. The van der Waals surface area contributed by atoms with Gasteiger partial charge in [-0.3, -0.25) is 0 Å². The van der Waals surface area contributed by atoms with Gasteiger partial charge in [0.25, 0.3) is 0 Å². The fourth-order valence-electron chi connectivity index (χ4n) is 1.18. The minimum atomic E-state index is -3.50. The number of halogens is 1. The highest BCUT2D eigenvalue weighted by Crippen LogP contribution is 2.21. The lowest BCUT2D eigenvalue weighted by atomic mass is 10.1. The van der Waals surface area contributed by atoms with E-state index in [1.807, 2.05) is 0 Å². The topological polar surface area (TPSA) is 71.5 Å². The van der Waals surface area contributed by atoms with Gasteiger partial charge in [-0.2, -0.15) is 0 Å². The summed E-state index contributed by atoms with van der Waals surface area (Å²) in [4.78, 5) is 0. The van der Waals surface area contributed by atoms with E-state index in [-0.39, 0.29) is 24.8 Å². The van der Waals surface area contributed by atoms with Gasteiger partial charge in [-0.1, -0.05) is 0 Å². The van der Waals surface area contributed by atoms with Crippen LogP contribution in [0.3, 0.4) is 0 Å². The molecule has 8 heteroatoms. The fraction of sp³-hybridized carbons (Fsp3) is 1.00. The van der Waals surface area contributed by atoms with Crippen molar-refractivity contribution in [2.75, 3.05) is 25.1 Å². The van der Waals surface area contributed by atoms with E-state index in [2.05, 4.69) is 0 Å². The molecule has 0 amide bonds. The van der Waals surface area contributed by atoms with Gasteiger partial charge in [0.05, 0.1) is 12.0 Å². The Bertz CT molecular complexity index is 381. The van der Waals surface area contributed by atoms with Gasteiger partial charge in [0.2, 0.25) is 19.1 Å². The van der Waals surface area contributed by atoms with Gasteiger partial charge < -0.3 is 0 Å². The molecule has 1 heterocycles. The molecule has 0 aliphatic carbocycles. The fourth-order valence-corrected chi connectivity index (χ4v) is 3.45. The van der Waals surface area contributed by atoms with Crippen LogP contribution in [0.1, 0.15) is 0 Å². The zero-order valence-electron chi connectivity index (χ0n) is 6.97. The van der Waals surface area contributed by atoms with E-state index in [9.17, 15) is 16.8 Å². The summed E-state index contributed by atoms with van der Waals surface area (Å²) in [6, 6.07) is 0. The van der Waals surface area contributed by atoms with E-state index in [1.54, 1.807) is 0 Å². The van der Waals surface area contributed by atoms with E-state index in [4.69, 9.17) is 10.7 Å². The summed E-state index contributed by atoms with van der Waals surface area (Å²) >= 11 is 0. The first kappa shape index (κ1) is 11.2. The highest BCUT2D eigenvalue weighted by molar-refractivity contribution is 8.13. The number of hydrogen-bond donors (Lipinski definition) is 0. The first-order valence-electron chi connectivity index (χ1n) is 3.56. The minimum Gasteiger partial charge on any atom is -0.213 e. The van der Waals surface area contributed by atoms with Crippen LogP contribution in [-0.2, 0) is 19.1 Å². The maximum absolute atomic E-state index is 10.9. The molecule has 0 aromatic heterocycles. The van der Waals surface area contributed by atoms with Crippen molar-refractivity contribution >= 4 is 29.8 Å². The third kappa shape index (κ3) is 3.41. The molecule has 1 aliphatic heterocycles. The lowest BCUT2D eigenvalue weighted by Gasteiger charge is -2.36. The van der Waals surface area contributed by atoms with Gasteiger partial charge in [0, 0.05) is 29.7 Å². The molecular formula is C5H10ClNO4S2. The average molecular weight is 248 g/mol. The second kappa shape index (κ2) is 3.38. The highest BCUT2D eigenvalue weighted by atomic mass is 35.7. The lowest BCUT2D eigenvalue weighted by Crippen LogP contribution is -2.51. The monoisotopic (exact) mass is 247 g/mol. The molecule has 0 unspecified atom stereocenters. The van der Waals surface area contributed by atoms with E-state index in [1.165, 1.54) is 4.31 Å². The van der Waals surface area contributed by atoms with E-state index in [0.717, 1.165) is 6.26 Å². The van der Waals surface area contributed by atoms with Gasteiger partial charge in [-0.05, 0) is 0 Å². The predicted octanol–water partition coefficient (Wildman–Crippen LogP) is -0.554. The average Bonchev–Trinajstić information content (AvgIpc) is 1.71. The largest absolute Gasteiger partial charge is 0.232 e. The maximum atomic E-state index is 10.9. The van der Waals surface area contributed by atoms with E-state index >= 15 is 0 Å². The molecule has 5 nitrogen and oxygen atoms in total.